The summed E-state index contributed by atoms with van der Waals surface area (Å²) in [6.45, 7) is 3.77. The van der Waals surface area contributed by atoms with Gasteiger partial charge in [0.25, 0.3) is 0 Å². The summed E-state index contributed by atoms with van der Waals surface area (Å²) in [5, 5.41) is 0. The number of likely N-dealkylation sites (tertiary alicyclic amines) is 2. The number of hydrogen-bond donors (Lipinski definition) is 0. The van der Waals surface area contributed by atoms with Gasteiger partial charge in [0, 0.05) is 32.1 Å². The molecule has 0 aromatic heterocycles. The van der Waals surface area contributed by atoms with Crippen LogP contribution in [0.4, 0.5) is 0 Å². The van der Waals surface area contributed by atoms with Gasteiger partial charge in [-0.3, -0.25) is 4.79 Å². The molecule has 3 heteroatoms. The zero-order chi connectivity index (χ0) is 14.0. The van der Waals surface area contributed by atoms with Gasteiger partial charge in [-0.15, -0.1) is 0 Å². The highest BCUT2D eigenvalue weighted by Gasteiger charge is 2.43. The van der Waals surface area contributed by atoms with Crippen LogP contribution in [0.15, 0.2) is 0 Å². The average molecular weight is 278 g/mol. The minimum Gasteiger partial charge on any atom is -0.340 e. The summed E-state index contributed by atoms with van der Waals surface area (Å²) in [4.78, 5) is 16.6. The van der Waals surface area contributed by atoms with Gasteiger partial charge in [-0.1, -0.05) is 19.3 Å². The van der Waals surface area contributed by atoms with Crippen LogP contribution < -0.4 is 0 Å². The lowest BCUT2D eigenvalue weighted by Gasteiger charge is -2.35. The van der Waals surface area contributed by atoms with Gasteiger partial charge in [0.1, 0.15) is 0 Å². The van der Waals surface area contributed by atoms with E-state index in [4.69, 9.17) is 0 Å². The Morgan fingerprint density at radius 3 is 2.55 bits per heavy atom. The van der Waals surface area contributed by atoms with Crippen LogP contribution in [-0.4, -0.2) is 47.9 Å². The highest BCUT2D eigenvalue weighted by molar-refractivity contribution is 5.79. The lowest BCUT2D eigenvalue weighted by Crippen LogP contribution is -2.44. The Morgan fingerprint density at radius 2 is 1.85 bits per heavy atom. The molecule has 3 fully saturated rings. The highest BCUT2D eigenvalue weighted by atomic mass is 16.2. The maximum atomic E-state index is 11.9. The minimum atomic E-state index is 0.207. The number of rotatable bonds is 2. The maximum Gasteiger partial charge on any atom is 0.222 e. The van der Waals surface area contributed by atoms with E-state index in [1.165, 1.54) is 71.0 Å². The largest absolute Gasteiger partial charge is 0.340 e. The maximum absolute atomic E-state index is 11.9. The van der Waals surface area contributed by atoms with E-state index in [1.807, 2.05) is 7.05 Å². The first-order chi connectivity index (χ1) is 9.70. The molecule has 0 aromatic carbocycles. The fraction of sp³-hybridized carbons (Fsp3) is 0.941. The van der Waals surface area contributed by atoms with E-state index in [-0.39, 0.29) is 5.54 Å². The Balaban J connectivity index is 1.55. The van der Waals surface area contributed by atoms with Crippen molar-refractivity contribution in [2.75, 3.05) is 26.7 Å². The zero-order valence-electron chi connectivity index (χ0n) is 13.1. The van der Waals surface area contributed by atoms with E-state index >= 15 is 0 Å². The van der Waals surface area contributed by atoms with Crippen molar-refractivity contribution in [1.82, 2.24) is 9.80 Å². The first-order valence-corrected chi connectivity index (χ1v) is 8.69. The first kappa shape index (κ1) is 14.4. The van der Waals surface area contributed by atoms with Gasteiger partial charge in [-0.25, -0.2) is 0 Å². The van der Waals surface area contributed by atoms with Crippen LogP contribution in [0.25, 0.3) is 0 Å². The monoisotopic (exact) mass is 278 g/mol. The predicted octanol–water partition coefficient (Wildman–Crippen LogP) is 3.04. The van der Waals surface area contributed by atoms with E-state index < -0.39 is 0 Å². The molecule has 2 aliphatic heterocycles. The molecule has 1 atom stereocenters. The van der Waals surface area contributed by atoms with Crippen LogP contribution in [0, 0.1) is 5.92 Å². The van der Waals surface area contributed by atoms with Crippen LogP contribution in [0.5, 0.6) is 0 Å². The Labute approximate surface area is 123 Å². The van der Waals surface area contributed by atoms with Crippen molar-refractivity contribution in [2.45, 2.75) is 69.7 Å². The van der Waals surface area contributed by atoms with Gasteiger partial charge in [0.05, 0.1) is 0 Å². The molecule has 3 rings (SSSR count). The van der Waals surface area contributed by atoms with Crippen LogP contribution in [0.3, 0.4) is 0 Å². The van der Waals surface area contributed by atoms with Crippen molar-refractivity contribution in [1.29, 1.82) is 0 Å². The van der Waals surface area contributed by atoms with E-state index in [1.54, 1.807) is 0 Å². The summed E-state index contributed by atoms with van der Waals surface area (Å²) in [6, 6.07) is 0. The molecule has 0 aromatic rings. The SMILES string of the molecule is CN1C(=O)CC[C@]12CCCN(CC1CCCCC1)CC2. The molecule has 1 saturated carbocycles. The molecule has 20 heavy (non-hydrogen) atoms. The smallest absolute Gasteiger partial charge is 0.222 e. The molecule has 2 heterocycles. The van der Waals surface area contributed by atoms with Gasteiger partial charge < -0.3 is 9.80 Å². The number of nitrogens with zero attached hydrogens (tertiary/aromatic N) is 2. The number of carbonyl (C=O) groups is 1. The van der Waals surface area contributed by atoms with Crippen molar-refractivity contribution < 1.29 is 4.79 Å². The van der Waals surface area contributed by atoms with Gasteiger partial charge in [0.15, 0.2) is 0 Å². The topological polar surface area (TPSA) is 23.6 Å². The van der Waals surface area contributed by atoms with E-state index in [9.17, 15) is 4.79 Å². The number of hydrogen-bond acceptors (Lipinski definition) is 2. The second-order valence-electron chi connectivity index (χ2n) is 7.34. The Morgan fingerprint density at radius 1 is 1.05 bits per heavy atom. The number of carbonyl (C=O) groups excluding carboxylic acids is 1. The van der Waals surface area contributed by atoms with E-state index in [0.717, 1.165) is 18.8 Å². The van der Waals surface area contributed by atoms with Gasteiger partial charge in [0.2, 0.25) is 5.91 Å². The molecule has 114 valence electrons. The van der Waals surface area contributed by atoms with Crippen LogP contribution >= 0.6 is 0 Å². The van der Waals surface area contributed by atoms with Crippen molar-refractivity contribution in [3.63, 3.8) is 0 Å². The molecule has 0 bridgehead atoms. The minimum absolute atomic E-state index is 0.207. The molecule has 1 amide bonds. The van der Waals surface area contributed by atoms with Crippen molar-refractivity contribution in [2.24, 2.45) is 5.92 Å². The molecular weight excluding hydrogens is 248 g/mol. The Kier molecular flexibility index (Phi) is 4.34. The lowest BCUT2D eigenvalue weighted by molar-refractivity contribution is -0.129. The summed E-state index contributed by atoms with van der Waals surface area (Å²) in [6.07, 6.45) is 12.8. The average Bonchev–Trinajstić information content (AvgIpc) is 2.66. The summed E-state index contributed by atoms with van der Waals surface area (Å²) in [5.74, 6) is 1.31. The van der Waals surface area contributed by atoms with Crippen molar-refractivity contribution in [3.8, 4) is 0 Å². The summed E-state index contributed by atoms with van der Waals surface area (Å²) in [7, 11) is 2.03. The second kappa shape index (κ2) is 6.05. The molecule has 1 spiro atoms. The molecule has 0 unspecified atom stereocenters. The highest BCUT2D eigenvalue weighted by Crippen LogP contribution is 2.38. The molecule has 1 aliphatic carbocycles. The number of amides is 1. The molecule has 0 N–H and O–H groups in total. The third-order valence-electron chi connectivity index (χ3n) is 6.14. The van der Waals surface area contributed by atoms with E-state index in [0.29, 0.717) is 5.91 Å². The van der Waals surface area contributed by atoms with Crippen LogP contribution in [0.2, 0.25) is 0 Å². The summed E-state index contributed by atoms with van der Waals surface area (Å²) < 4.78 is 0. The lowest BCUT2D eigenvalue weighted by atomic mass is 9.88. The zero-order valence-corrected chi connectivity index (χ0v) is 13.1. The van der Waals surface area contributed by atoms with Crippen molar-refractivity contribution in [3.05, 3.63) is 0 Å². The molecular formula is C17H30N2O. The second-order valence-corrected chi connectivity index (χ2v) is 7.34. The third-order valence-corrected chi connectivity index (χ3v) is 6.14. The van der Waals surface area contributed by atoms with Crippen molar-refractivity contribution >= 4 is 5.91 Å². The quantitative estimate of drug-likeness (QED) is 0.775. The fourth-order valence-electron chi connectivity index (χ4n) is 4.68. The van der Waals surface area contributed by atoms with Gasteiger partial charge in [-0.05, 0) is 51.0 Å². The molecule has 3 nitrogen and oxygen atoms in total. The normalized spacial score (nSPS) is 33.9. The summed E-state index contributed by atoms with van der Waals surface area (Å²) in [5.41, 5.74) is 0.207. The standard InChI is InChI=1S/C17H30N2O/c1-18-16(20)8-10-17(18)9-5-12-19(13-11-17)14-15-6-3-2-4-7-15/h15H,2-14H2,1H3/t17-/m0/s1. The Bertz CT molecular complexity index is 351. The van der Waals surface area contributed by atoms with E-state index in [2.05, 4.69) is 9.80 Å². The predicted molar refractivity (Wildman–Crippen MR) is 81.6 cm³/mol. The Hall–Kier alpha value is -0.570. The molecule has 2 saturated heterocycles. The van der Waals surface area contributed by atoms with Crippen LogP contribution in [0.1, 0.15) is 64.2 Å². The summed E-state index contributed by atoms with van der Waals surface area (Å²) >= 11 is 0. The van der Waals surface area contributed by atoms with Crippen LogP contribution in [-0.2, 0) is 4.79 Å². The molecule has 3 aliphatic rings. The van der Waals surface area contributed by atoms with Gasteiger partial charge >= 0.3 is 0 Å². The molecule has 0 radical (unpaired) electrons. The fourth-order valence-corrected chi connectivity index (χ4v) is 4.68. The van der Waals surface area contributed by atoms with Gasteiger partial charge in [-0.2, -0.15) is 0 Å². The third kappa shape index (κ3) is 2.88. The first-order valence-electron chi connectivity index (χ1n) is 8.69.